The van der Waals surface area contributed by atoms with E-state index >= 15 is 0 Å². The van der Waals surface area contributed by atoms with E-state index in [4.69, 9.17) is 10.2 Å². The molecule has 0 bridgehead atoms. The van der Waals surface area contributed by atoms with Crippen LogP contribution < -0.4 is 10.6 Å². The van der Waals surface area contributed by atoms with Gasteiger partial charge in [-0.05, 0) is 24.3 Å². The molecule has 0 saturated carbocycles. The minimum atomic E-state index is -1.04. The SMILES string of the molecule is O=C(O)C1=C/C(=C2\C=C(C(=O)O)C=CN2)NC=C1. The van der Waals surface area contributed by atoms with Crippen LogP contribution in [0.15, 0.2) is 59.2 Å². The van der Waals surface area contributed by atoms with Gasteiger partial charge in [0.05, 0.1) is 22.5 Å². The van der Waals surface area contributed by atoms with Crippen LogP contribution in [-0.2, 0) is 9.59 Å². The Balaban J connectivity index is 2.39. The lowest BCUT2D eigenvalue weighted by Crippen LogP contribution is -2.20. The van der Waals surface area contributed by atoms with Crippen LogP contribution in [0.2, 0.25) is 0 Å². The molecule has 0 amide bonds. The molecule has 0 fully saturated rings. The third-order valence-electron chi connectivity index (χ3n) is 2.39. The normalized spacial score (nSPS) is 21.6. The van der Waals surface area contributed by atoms with E-state index in [9.17, 15) is 9.59 Å². The van der Waals surface area contributed by atoms with E-state index in [1.807, 2.05) is 0 Å². The summed E-state index contributed by atoms with van der Waals surface area (Å²) in [4.78, 5) is 21.7. The number of allylic oxidation sites excluding steroid dienone is 2. The molecule has 0 aliphatic carbocycles. The molecule has 0 aromatic heterocycles. The van der Waals surface area contributed by atoms with E-state index in [-0.39, 0.29) is 11.1 Å². The van der Waals surface area contributed by atoms with Crippen molar-refractivity contribution >= 4 is 11.9 Å². The molecule has 2 aliphatic heterocycles. The number of carboxylic acid groups (broad SMARTS) is 2. The van der Waals surface area contributed by atoms with Gasteiger partial charge in [-0.25, -0.2) is 9.59 Å². The molecule has 0 saturated heterocycles. The quantitative estimate of drug-likeness (QED) is 0.564. The number of carboxylic acids is 2. The van der Waals surface area contributed by atoms with Crippen molar-refractivity contribution in [3.05, 3.63) is 59.2 Å². The van der Waals surface area contributed by atoms with Crippen molar-refractivity contribution in [3.8, 4) is 0 Å². The second kappa shape index (κ2) is 4.62. The molecule has 4 N–H and O–H groups in total. The average Bonchev–Trinajstić information content (AvgIpc) is 2.39. The minimum absolute atomic E-state index is 0.123. The van der Waals surface area contributed by atoms with E-state index in [2.05, 4.69) is 10.6 Å². The maximum atomic E-state index is 10.8. The summed E-state index contributed by atoms with van der Waals surface area (Å²) in [5, 5.41) is 23.5. The van der Waals surface area contributed by atoms with Gasteiger partial charge in [0, 0.05) is 12.4 Å². The molecule has 18 heavy (non-hydrogen) atoms. The Morgan fingerprint density at radius 2 is 1.22 bits per heavy atom. The Kier molecular flexibility index (Phi) is 3.01. The lowest BCUT2D eigenvalue weighted by molar-refractivity contribution is -0.133. The van der Waals surface area contributed by atoms with Crippen molar-refractivity contribution in [3.63, 3.8) is 0 Å². The van der Waals surface area contributed by atoms with Crippen LogP contribution in [0, 0.1) is 0 Å². The van der Waals surface area contributed by atoms with E-state index in [1.165, 1.54) is 36.7 Å². The van der Waals surface area contributed by atoms with Gasteiger partial charge >= 0.3 is 11.9 Å². The lowest BCUT2D eigenvalue weighted by Gasteiger charge is -2.16. The molecule has 0 spiro atoms. The molecule has 6 nitrogen and oxygen atoms in total. The van der Waals surface area contributed by atoms with Gasteiger partial charge in [0.2, 0.25) is 0 Å². The summed E-state index contributed by atoms with van der Waals surface area (Å²) >= 11 is 0. The maximum absolute atomic E-state index is 10.8. The number of hydrogen-bond acceptors (Lipinski definition) is 4. The Hall–Kier alpha value is -2.76. The van der Waals surface area contributed by atoms with Crippen LogP contribution in [0.25, 0.3) is 0 Å². The standard InChI is InChI=1S/C12H10N2O4/c15-11(16)7-1-3-13-9(5-7)10-6-8(12(17)18)2-4-14-10/h1-6,13-14H,(H,15,16)(H,17,18)/b10-9-. The highest BCUT2D eigenvalue weighted by molar-refractivity contribution is 5.92. The van der Waals surface area contributed by atoms with Crippen LogP contribution in [-0.4, -0.2) is 22.2 Å². The number of nitrogens with one attached hydrogen (secondary N) is 2. The number of dihydropyridines is 2. The highest BCUT2D eigenvalue weighted by Crippen LogP contribution is 2.15. The predicted molar refractivity (Wildman–Crippen MR) is 63.0 cm³/mol. The Bertz CT molecular complexity index is 515. The molecule has 2 heterocycles. The van der Waals surface area contributed by atoms with Gasteiger partial charge in [0.15, 0.2) is 0 Å². The summed E-state index contributed by atoms with van der Waals surface area (Å²) in [5.41, 5.74) is 1.24. The lowest BCUT2D eigenvalue weighted by atomic mass is 10.1. The molecule has 2 aliphatic rings. The Morgan fingerprint density at radius 1 is 0.833 bits per heavy atom. The molecule has 2 rings (SSSR count). The number of aliphatic carboxylic acids is 2. The van der Waals surface area contributed by atoms with Crippen molar-refractivity contribution in [1.29, 1.82) is 0 Å². The van der Waals surface area contributed by atoms with Gasteiger partial charge in [0.25, 0.3) is 0 Å². The maximum Gasteiger partial charge on any atom is 0.335 e. The largest absolute Gasteiger partial charge is 0.478 e. The van der Waals surface area contributed by atoms with Crippen LogP contribution >= 0.6 is 0 Å². The first-order valence-electron chi connectivity index (χ1n) is 5.08. The summed E-state index contributed by atoms with van der Waals surface area (Å²) in [5.74, 6) is -2.08. The first-order valence-corrected chi connectivity index (χ1v) is 5.08. The van der Waals surface area contributed by atoms with Gasteiger partial charge in [-0.2, -0.15) is 0 Å². The highest BCUT2D eigenvalue weighted by atomic mass is 16.4. The average molecular weight is 246 g/mol. The number of carbonyl (C=O) groups is 2. The molecule has 0 unspecified atom stereocenters. The second-order valence-electron chi connectivity index (χ2n) is 3.59. The summed E-state index contributed by atoms with van der Waals surface area (Å²) in [6, 6.07) is 0. The minimum Gasteiger partial charge on any atom is -0.478 e. The van der Waals surface area contributed by atoms with E-state index < -0.39 is 11.9 Å². The fraction of sp³-hybridized carbons (Fsp3) is 0. The molecule has 0 aromatic carbocycles. The van der Waals surface area contributed by atoms with Crippen LogP contribution in [0.1, 0.15) is 0 Å². The molecular formula is C12H10N2O4. The zero-order chi connectivity index (χ0) is 13.1. The zero-order valence-electron chi connectivity index (χ0n) is 9.18. The van der Waals surface area contributed by atoms with Gasteiger partial charge in [-0.1, -0.05) is 0 Å². The van der Waals surface area contributed by atoms with Gasteiger partial charge < -0.3 is 20.8 Å². The van der Waals surface area contributed by atoms with Crippen LogP contribution in [0.3, 0.4) is 0 Å². The molecule has 6 heteroatoms. The summed E-state index contributed by atoms with van der Waals surface area (Å²) < 4.78 is 0. The molecule has 0 aromatic rings. The molecule has 0 radical (unpaired) electrons. The second-order valence-corrected chi connectivity index (χ2v) is 3.59. The van der Waals surface area contributed by atoms with Crippen molar-refractivity contribution in [1.82, 2.24) is 10.6 Å². The van der Waals surface area contributed by atoms with Crippen molar-refractivity contribution < 1.29 is 19.8 Å². The van der Waals surface area contributed by atoms with Crippen molar-refractivity contribution in [2.45, 2.75) is 0 Å². The summed E-state index contributed by atoms with van der Waals surface area (Å²) in [6.07, 6.45) is 8.68. The monoisotopic (exact) mass is 246 g/mol. The van der Waals surface area contributed by atoms with Crippen LogP contribution in [0.4, 0.5) is 0 Å². The topological polar surface area (TPSA) is 98.7 Å². The summed E-state index contributed by atoms with van der Waals surface area (Å²) in [6.45, 7) is 0. The first-order chi connectivity index (χ1) is 8.58. The van der Waals surface area contributed by atoms with Gasteiger partial charge in [-0.15, -0.1) is 0 Å². The van der Waals surface area contributed by atoms with E-state index in [1.54, 1.807) is 0 Å². The van der Waals surface area contributed by atoms with Crippen LogP contribution in [0.5, 0.6) is 0 Å². The number of rotatable bonds is 2. The van der Waals surface area contributed by atoms with Gasteiger partial charge in [-0.3, -0.25) is 0 Å². The van der Waals surface area contributed by atoms with Crippen molar-refractivity contribution in [2.24, 2.45) is 0 Å². The third-order valence-corrected chi connectivity index (χ3v) is 2.39. The first kappa shape index (κ1) is 11.7. The molecule has 0 atom stereocenters. The van der Waals surface area contributed by atoms with Gasteiger partial charge in [0.1, 0.15) is 0 Å². The predicted octanol–water partition coefficient (Wildman–Crippen LogP) is 0.454. The smallest absolute Gasteiger partial charge is 0.335 e. The third kappa shape index (κ3) is 2.32. The fourth-order valence-corrected chi connectivity index (χ4v) is 1.51. The summed E-state index contributed by atoms with van der Waals surface area (Å²) in [7, 11) is 0. The molecule has 92 valence electrons. The Labute approximate surface area is 102 Å². The highest BCUT2D eigenvalue weighted by Gasteiger charge is 2.14. The fourth-order valence-electron chi connectivity index (χ4n) is 1.51. The molecular weight excluding hydrogens is 236 g/mol. The van der Waals surface area contributed by atoms with Crippen molar-refractivity contribution in [2.75, 3.05) is 0 Å². The van der Waals surface area contributed by atoms with E-state index in [0.717, 1.165) is 0 Å². The zero-order valence-corrected chi connectivity index (χ0v) is 9.18. The Morgan fingerprint density at radius 3 is 1.56 bits per heavy atom. The van der Waals surface area contributed by atoms with E-state index in [0.29, 0.717) is 11.4 Å². The number of hydrogen-bond donors (Lipinski definition) is 4.